The van der Waals surface area contributed by atoms with Gasteiger partial charge in [0.15, 0.2) is 17.4 Å². The molecule has 0 radical (unpaired) electrons. The number of hydrogen-bond donors (Lipinski definition) is 1. The summed E-state index contributed by atoms with van der Waals surface area (Å²) in [5.74, 6) is 2.74. The minimum Gasteiger partial charge on any atom is -0.494 e. The van der Waals surface area contributed by atoms with E-state index in [9.17, 15) is 8.42 Å². The maximum absolute atomic E-state index is 11.7. The lowest BCUT2D eigenvalue weighted by Crippen LogP contribution is -2.11. The molecule has 1 N–H and O–H groups in total. The number of methoxy groups -OCH3 is 2. The Morgan fingerprint density at radius 2 is 1.77 bits per heavy atom. The van der Waals surface area contributed by atoms with Crippen molar-refractivity contribution in [3.8, 4) is 28.8 Å². The summed E-state index contributed by atoms with van der Waals surface area (Å²) in [7, 11) is -0.449. The van der Waals surface area contributed by atoms with Crippen molar-refractivity contribution in [3.05, 3.63) is 42.2 Å². The summed E-state index contributed by atoms with van der Waals surface area (Å²) in [5, 5.41) is 8.00. The van der Waals surface area contributed by atoms with Gasteiger partial charge in [-0.1, -0.05) is 6.07 Å². The lowest BCUT2D eigenvalue weighted by atomic mass is 10.2. The van der Waals surface area contributed by atoms with E-state index in [0.29, 0.717) is 45.7 Å². The van der Waals surface area contributed by atoms with Gasteiger partial charge in [0, 0.05) is 6.07 Å². The van der Waals surface area contributed by atoms with Crippen LogP contribution in [0.15, 0.2) is 40.8 Å². The quantitative estimate of drug-likeness (QED) is 0.497. The number of rotatable bonds is 6. The van der Waals surface area contributed by atoms with Crippen LogP contribution in [-0.2, 0) is 10.0 Å². The van der Waals surface area contributed by atoms with E-state index in [1.54, 1.807) is 49.1 Å². The zero-order valence-electron chi connectivity index (χ0n) is 16.7. The predicted octanol–water partition coefficient (Wildman–Crippen LogP) is 2.77. The van der Waals surface area contributed by atoms with Gasteiger partial charge in [0.1, 0.15) is 22.9 Å². The molecule has 3 aromatic heterocycles. The molecule has 0 amide bonds. The molecule has 0 unspecified atom stereocenters. The molecule has 3 heterocycles. The first-order valence-electron chi connectivity index (χ1n) is 8.83. The summed E-state index contributed by atoms with van der Waals surface area (Å²) in [4.78, 5) is 4.57. The van der Waals surface area contributed by atoms with Crippen molar-refractivity contribution in [2.45, 2.75) is 6.92 Å². The van der Waals surface area contributed by atoms with Gasteiger partial charge >= 0.3 is 0 Å². The van der Waals surface area contributed by atoms with E-state index >= 15 is 0 Å². The van der Waals surface area contributed by atoms with Crippen molar-refractivity contribution in [2.75, 3.05) is 25.2 Å². The third kappa shape index (κ3) is 3.54. The number of benzene rings is 1. The highest BCUT2D eigenvalue weighted by Crippen LogP contribution is 2.38. The van der Waals surface area contributed by atoms with Crippen LogP contribution in [0.1, 0.15) is 5.76 Å². The Kier molecular flexibility index (Phi) is 4.82. The minimum absolute atomic E-state index is 0.0576. The fraction of sp³-hybridized carbons (Fsp3) is 0.211. The zero-order chi connectivity index (χ0) is 21.5. The Morgan fingerprint density at radius 3 is 2.33 bits per heavy atom. The lowest BCUT2D eigenvalue weighted by molar-refractivity contribution is 0.391. The van der Waals surface area contributed by atoms with E-state index < -0.39 is 10.0 Å². The molecule has 0 fully saturated rings. The number of aromatic nitrogens is 4. The second-order valence-electron chi connectivity index (χ2n) is 6.50. The number of imidazole rings is 1. The fourth-order valence-corrected chi connectivity index (χ4v) is 3.60. The van der Waals surface area contributed by atoms with Crippen LogP contribution in [0.25, 0.3) is 28.4 Å². The Morgan fingerprint density at radius 1 is 1.07 bits per heavy atom. The maximum Gasteiger partial charge on any atom is 0.231 e. The highest BCUT2D eigenvalue weighted by Gasteiger charge is 2.24. The molecule has 0 saturated heterocycles. The molecule has 4 rings (SSSR count). The molecule has 0 atom stereocenters. The van der Waals surface area contributed by atoms with E-state index in [-0.39, 0.29) is 5.82 Å². The van der Waals surface area contributed by atoms with Crippen molar-refractivity contribution in [3.63, 3.8) is 0 Å². The first kappa shape index (κ1) is 19.7. The van der Waals surface area contributed by atoms with Gasteiger partial charge in [-0.05, 0) is 31.2 Å². The molecule has 30 heavy (non-hydrogen) atoms. The van der Waals surface area contributed by atoms with Crippen LogP contribution in [0.5, 0.6) is 11.5 Å². The van der Waals surface area contributed by atoms with Gasteiger partial charge in [0.2, 0.25) is 15.7 Å². The van der Waals surface area contributed by atoms with Gasteiger partial charge in [-0.3, -0.25) is 9.29 Å². The number of nitrogens with zero attached hydrogens (tertiary/aromatic N) is 4. The van der Waals surface area contributed by atoms with E-state index in [1.165, 1.54) is 0 Å². The first-order valence-corrected chi connectivity index (χ1v) is 10.7. The van der Waals surface area contributed by atoms with E-state index in [0.717, 1.165) is 6.26 Å². The fourth-order valence-electron chi connectivity index (χ4n) is 3.12. The molecule has 10 nitrogen and oxygen atoms in total. The average Bonchev–Trinajstić information content (AvgIpc) is 3.29. The van der Waals surface area contributed by atoms with E-state index in [2.05, 4.69) is 19.9 Å². The lowest BCUT2D eigenvalue weighted by Gasteiger charge is -2.16. The Hall–Kier alpha value is -3.60. The van der Waals surface area contributed by atoms with Crippen LogP contribution in [0.4, 0.5) is 5.82 Å². The van der Waals surface area contributed by atoms with Gasteiger partial charge in [0.25, 0.3) is 0 Å². The molecule has 0 aliphatic rings. The molecule has 4 aromatic rings. The number of hydrogen-bond acceptors (Lipinski definition) is 8. The smallest absolute Gasteiger partial charge is 0.231 e. The van der Waals surface area contributed by atoms with Gasteiger partial charge in [-0.25, -0.2) is 13.4 Å². The van der Waals surface area contributed by atoms with Crippen LogP contribution >= 0.6 is 0 Å². The molecular formula is C19H19N5O5S. The highest BCUT2D eigenvalue weighted by molar-refractivity contribution is 7.92. The van der Waals surface area contributed by atoms with Crippen molar-refractivity contribution >= 4 is 27.0 Å². The average molecular weight is 429 g/mol. The Labute approximate surface area is 172 Å². The SMILES string of the molecule is COc1cccc(OC)c1-n1c(-c2ccc(C)o2)nc2nnc(NS(C)(=O)=O)cc21. The minimum atomic E-state index is -3.54. The molecule has 11 heteroatoms. The second-order valence-corrected chi connectivity index (χ2v) is 8.25. The summed E-state index contributed by atoms with van der Waals surface area (Å²) in [5.41, 5.74) is 1.35. The molecule has 0 saturated carbocycles. The number of ether oxygens (including phenoxy) is 2. The number of aryl methyl sites for hydroxylation is 1. The van der Waals surface area contributed by atoms with Gasteiger partial charge in [-0.2, -0.15) is 0 Å². The molecule has 0 spiro atoms. The maximum atomic E-state index is 11.7. The largest absolute Gasteiger partial charge is 0.494 e. The van der Waals surface area contributed by atoms with Crippen LogP contribution in [0, 0.1) is 6.92 Å². The zero-order valence-corrected chi connectivity index (χ0v) is 17.5. The van der Waals surface area contributed by atoms with Crippen molar-refractivity contribution in [1.29, 1.82) is 0 Å². The monoisotopic (exact) mass is 429 g/mol. The molecule has 0 aliphatic carbocycles. The number of anilines is 1. The van der Waals surface area contributed by atoms with Crippen molar-refractivity contribution < 1.29 is 22.3 Å². The molecular weight excluding hydrogens is 410 g/mol. The Balaban J connectivity index is 2.08. The number of sulfonamides is 1. The van der Waals surface area contributed by atoms with Crippen LogP contribution in [-0.4, -0.2) is 48.6 Å². The molecule has 0 bridgehead atoms. The summed E-state index contributed by atoms with van der Waals surface area (Å²) < 4.78 is 44.3. The van der Waals surface area contributed by atoms with Crippen molar-refractivity contribution in [1.82, 2.24) is 19.7 Å². The van der Waals surface area contributed by atoms with Gasteiger partial charge < -0.3 is 13.9 Å². The third-order valence-electron chi connectivity index (χ3n) is 4.30. The number of para-hydroxylation sites is 1. The standard InChI is InChI=1S/C19H19N5O5S/c1-11-8-9-15(29-11)19-20-18-12(10-16(21-22-18)23-30(4,25)26)24(19)17-13(27-2)6-5-7-14(17)28-3/h5-10H,1-4H3,(H,21,23). The van der Waals surface area contributed by atoms with Crippen LogP contribution in [0.2, 0.25) is 0 Å². The topological polar surface area (TPSA) is 121 Å². The van der Waals surface area contributed by atoms with E-state index in [4.69, 9.17) is 13.9 Å². The van der Waals surface area contributed by atoms with Gasteiger partial charge in [0.05, 0.1) is 26.0 Å². The van der Waals surface area contributed by atoms with Crippen LogP contribution in [0.3, 0.4) is 0 Å². The number of nitrogens with one attached hydrogen (secondary N) is 1. The van der Waals surface area contributed by atoms with Crippen LogP contribution < -0.4 is 14.2 Å². The molecule has 0 aliphatic heterocycles. The molecule has 1 aromatic carbocycles. The summed E-state index contributed by atoms with van der Waals surface area (Å²) in [6.07, 6.45) is 1.04. The highest BCUT2D eigenvalue weighted by atomic mass is 32.2. The first-order chi connectivity index (χ1) is 14.3. The molecule has 156 valence electrons. The van der Waals surface area contributed by atoms with Gasteiger partial charge in [-0.15, -0.1) is 10.2 Å². The third-order valence-corrected chi connectivity index (χ3v) is 4.88. The summed E-state index contributed by atoms with van der Waals surface area (Å²) >= 11 is 0. The second kappa shape index (κ2) is 7.34. The Bertz CT molecular complexity index is 1320. The van der Waals surface area contributed by atoms with E-state index in [1.807, 2.05) is 13.0 Å². The summed E-state index contributed by atoms with van der Waals surface area (Å²) in [6.45, 7) is 1.83. The predicted molar refractivity (Wildman–Crippen MR) is 111 cm³/mol. The number of fused-ring (bicyclic) bond motifs is 1. The van der Waals surface area contributed by atoms with Crippen molar-refractivity contribution in [2.24, 2.45) is 0 Å². The number of furan rings is 1. The normalized spacial score (nSPS) is 11.6. The summed E-state index contributed by atoms with van der Waals surface area (Å²) in [6, 6.07) is 10.5.